The minimum Gasteiger partial charge on any atom is -0.0625 e. The third-order valence-electron chi connectivity index (χ3n) is 10.9. The largest absolute Gasteiger partial charge is 0.0625 e. The molecule has 9 atom stereocenters. The topological polar surface area (TPSA) is 0 Å². The van der Waals surface area contributed by atoms with Crippen LogP contribution in [-0.4, -0.2) is 0 Å². The maximum Gasteiger partial charge on any atom is -0.0238 e. The zero-order valence-corrected chi connectivity index (χ0v) is 17.5. The van der Waals surface area contributed by atoms with Gasteiger partial charge < -0.3 is 0 Å². The SMILES string of the molecule is CC1CCC2(C)C(CCC3C2C(C)CC2(C)C3CC(C)C2(C)C)C1. The summed E-state index contributed by atoms with van der Waals surface area (Å²) in [5.74, 6) is 6.88. The summed E-state index contributed by atoms with van der Waals surface area (Å²) in [6, 6.07) is 0. The molecule has 0 aliphatic heterocycles. The first kappa shape index (κ1) is 17.4. The van der Waals surface area contributed by atoms with Gasteiger partial charge in [-0.15, -0.1) is 0 Å². The predicted molar refractivity (Wildman–Crippen MR) is 104 cm³/mol. The number of hydrogen-bond donors (Lipinski definition) is 0. The van der Waals surface area contributed by atoms with E-state index in [1.54, 1.807) is 6.42 Å². The van der Waals surface area contributed by atoms with Gasteiger partial charge in [0.2, 0.25) is 0 Å². The summed E-state index contributed by atoms with van der Waals surface area (Å²) in [7, 11) is 0. The first-order valence-corrected chi connectivity index (χ1v) is 11.1. The Bertz CT molecular complexity index is 504. The molecule has 4 fully saturated rings. The van der Waals surface area contributed by atoms with Crippen molar-refractivity contribution < 1.29 is 0 Å². The van der Waals surface area contributed by atoms with E-state index in [-0.39, 0.29) is 0 Å². The molecule has 0 N–H and O–H groups in total. The van der Waals surface area contributed by atoms with Crippen LogP contribution in [0.25, 0.3) is 0 Å². The average molecular weight is 331 g/mol. The highest BCUT2D eigenvalue weighted by Crippen LogP contribution is 2.72. The summed E-state index contributed by atoms with van der Waals surface area (Å²) < 4.78 is 0. The van der Waals surface area contributed by atoms with E-state index in [1.807, 2.05) is 0 Å². The van der Waals surface area contributed by atoms with E-state index in [0.717, 1.165) is 41.4 Å². The molecule has 0 amide bonds. The molecular weight excluding hydrogens is 288 g/mol. The summed E-state index contributed by atoms with van der Waals surface area (Å²) >= 11 is 0. The Morgan fingerprint density at radius 3 is 2.25 bits per heavy atom. The molecule has 9 unspecified atom stereocenters. The van der Waals surface area contributed by atoms with Gasteiger partial charge >= 0.3 is 0 Å². The van der Waals surface area contributed by atoms with Crippen molar-refractivity contribution in [3.05, 3.63) is 0 Å². The molecule has 0 heterocycles. The van der Waals surface area contributed by atoms with Gasteiger partial charge in [-0.05, 0) is 96.2 Å². The van der Waals surface area contributed by atoms with Crippen molar-refractivity contribution in [3.8, 4) is 0 Å². The van der Waals surface area contributed by atoms with Crippen LogP contribution in [0.2, 0.25) is 0 Å². The van der Waals surface area contributed by atoms with Crippen molar-refractivity contribution in [2.45, 2.75) is 93.4 Å². The zero-order chi connectivity index (χ0) is 17.5. The van der Waals surface area contributed by atoms with E-state index in [9.17, 15) is 0 Å². The first-order valence-electron chi connectivity index (χ1n) is 11.1. The first-order chi connectivity index (χ1) is 11.1. The van der Waals surface area contributed by atoms with Crippen LogP contribution in [0.1, 0.15) is 93.4 Å². The molecule has 138 valence electrons. The van der Waals surface area contributed by atoms with Gasteiger partial charge in [0.1, 0.15) is 0 Å². The van der Waals surface area contributed by atoms with Crippen molar-refractivity contribution in [3.63, 3.8) is 0 Å². The Morgan fingerprint density at radius 2 is 1.54 bits per heavy atom. The Kier molecular flexibility index (Phi) is 3.82. The Hall–Kier alpha value is 0. The Morgan fingerprint density at radius 1 is 0.833 bits per heavy atom. The Balaban J connectivity index is 1.70. The maximum absolute atomic E-state index is 2.73. The van der Waals surface area contributed by atoms with Crippen LogP contribution in [-0.2, 0) is 0 Å². The standard InChI is InChI=1S/C24H42/c1-15-10-11-23(6)18(12-15)8-9-19-20-13-17(3)22(4,5)24(20,7)14-16(2)21(19)23/h15-21H,8-14H2,1-7H3. The smallest absolute Gasteiger partial charge is 0.0238 e. The molecule has 0 heteroatoms. The van der Waals surface area contributed by atoms with Crippen molar-refractivity contribution in [1.82, 2.24) is 0 Å². The highest BCUT2D eigenvalue weighted by molar-refractivity contribution is 5.14. The zero-order valence-electron chi connectivity index (χ0n) is 17.5. The molecule has 0 nitrogen and oxygen atoms in total. The van der Waals surface area contributed by atoms with Crippen molar-refractivity contribution in [2.75, 3.05) is 0 Å². The normalized spacial score (nSPS) is 59.4. The van der Waals surface area contributed by atoms with Crippen LogP contribution in [0.4, 0.5) is 0 Å². The molecule has 0 aromatic carbocycles. The van der Waals surface area contributed by atoms with Crippen LogP contribution in [0.15, 0.2) is 0 Å². The molecule has 4 saturated carbocycles. The van der Waals surface area contributed by atoms with Crippen molar-refractivity contribution >= 4 is 0 Å². The highest BCUT2D eigenvalue weighted by Gasteiger charge is 2.65. The average Bonchev–Trinajstić information content (AvgIpc) is 2.67. The van der Waals surface area contributed by atoms with E-state index in [1.165, 1.54) is 38.5 Å². The van der Waals surface area contributed by atoms with Gasteiger partial charge in [-0.1, -0.05) is 54.9 Å². The summed E-state index contributed by atoms with van der Waals surface area (Å²) in [4.78, 5) is 0. The van der Waals surface area contributed by atoms with E-state index in [0.29, 0.717) is 16.2 Å². The molecule has 24 heavy (non-hydrogen) atoms. The van der Waals surface area contributed by atoms with Gasteiger partial charge in [0.05, 0.1) is 0 Å². The lowest BCUT2D eigenvalue weighted by Crippen LogP contribution is -2.57. The Labute approximate surface area is 151 Å². The van der Waals surface area contributed by atoms with Gasteiger partial charge in [0.25, 0.3) is 0 Å². The molecule has 0 bridgehead atoms. The lowest BCUT2D eigenvalue weighted by Gasteiger charge is -2.64. The molecule has 0 saturated heterocycles. The van der Waals surface area contributed by atoms with E-state index >= 15 is 0 Å². The van der Waals surface area contributed by atoms with Crippen LogP contribution >= 0.6 is 0 Å². The van der Waals surface area contributed by atoms with Crippen LogP contribution in [0, 0.1) is 57.7 Å². The summed E-state index contributed by atoms with van der Waals surface area (Å²) in [5, 5.41) is 0. The second-order valence-corrected chi connectivity index (χ2v) is 11.9. The fraction of sp³-hybridized carbons (Fsp3) is 1.00. The second-order valence-electron chi connectivity index (χ2n) is 11.9. The molecule has 0 radical (unpaired) electrons. The monoisotopic (exact) mass is 330 g/mol. The van der Waals surface area contributed by atoms with Gasteiger partial charge in [0.15, 0.2) is 0 Å². The molecule has 0 aromatic heterocycles. The van der Waals surface area contributed by atoms with Gasteiger partial charge in [0, 0.05) is 0 Å². The second kappa shape index (κ2) is 5.26. The number of hydrogen-bond acceptors (Lipinski definition) is 0. The highest BCUT2D eigenvalue weighted by atomic mass is 14.7. The third kappa shape index (κ3) is 2.04. The predicted octanol–water partition coefficient (Wildman–Crippen LogP) is 7.18. The number of rotatable bonds is 0. The number of fused-ring (bicyclic) bond motifs is 5. The fourth-order valence-electron chi connectivity index (χ4n) is 8.94. The lowest BCUT2D eigenvalue weighted by atomic mass is 9.41. The van der Waals surface area contributed by atoms with Crippen LogP contribution < -0.4 is 0 Å². The van der Waals surface area contributed by atoms with Crippen molar-refractivity contribution in [2.24, 2.45) is 57.7 Å². The summed E-state index contributed by atoms with van der Waals surface area (Å²) in [6.07, 6.45) is 10.6. The van der Waals surface area contributed by atoms with Crippen LogP contribution in [0.5, 0.6) is 0 Å². The molecule has 4 aliphatic carbocycles. The summed E-state index contributed by atoms with van der Waals surface area (Å²) in [5.41, 5.74) is 1.76. The van der Waals surface area contributed by atoms with Gasteiger partial charge in [-0.3, -0.25) is 0 Å². The maximum atomic E-state index is 2.73. The fourth-order valence-corrected chi connectivity index (χ4v) is 8.94. The molecule has 4 rings (SSSR count). The van der Waals surface area contributed by atoms with Crippen molar-refractivity contribution in [1.29, 1.82) is 0 Å². The van der Waals surface area contributed by atoms with Crippen LogP contribution in [0.3, 0.4) is 0 Å². The molecule has 0 spiro atoms. The summed E-state index contributed by atoms with van der Waals surface area (Å²) in [6.45, 7) is 18.3. The van der Waals surface area contributed by atoms with E-state index in [2.05, 4.69) is 48.5 Å². The van der Waals surface area contributed by atoms with Gasteiger partial charge in [-0.2, -0.15) is 0 Å². The minimum atomic E-state index is 0.524. The quantitative estimate of drug-likeness (QED) is 0.441. The minimum absolute atomic E-state index is 0.524. The molecule has 4 aliphatic rings. The molecular formula is C24H42. The van der Waals surface area contributed by atoms with Gasteiger partial charge in [-0.25, -0.2) is 0 Å². The van der Waals surface area contributed by atoms with E-state index in [4.69, 9.17) is 0 Å². The third-order valence-corrected chi connectivity index (χ3v) is 10.9. The molecule has 0 aromatic rings. The van der Waals surface area contributed by atoms with E-state index < -0.39 is 0 Å². The lowest BCUT2D eigenvalue weighted by molar-refractivity contribution is -0.152.